The fourth-order valence-corrected chi connectivity index (χ4v) is 2.68. The summed E-state index contributed by atoms with van der Waals surface area (Å²) in [6, 6.07) is 6.15. The molecule has 6 nitrogen and oxygen atoms in total. The molecule has 21 heavy (non-hydrogen) atoms. The van der Waals surface area contributed by atoms with Crippen molar-refractivity contribution >= 4 is 10.0 Å². The van der Waals surface area contributed by atoms with Gasteiger partial charge in [0.2, 0.25) is 10.0 Å². The topological polar surface area (TPSA) is 95.1 Å². The number of hydrogen-bond donors (Lipinski definition) is 3. The Morgan fingerprint density at radius 2 is 2.05 bits per heavy atom. The van der Waals surface area contributed by atoms with Crippen LogP contribution in [0.25, 0.3) is 0 Å². The van der Waals surface area contributed by atoms with Gasteiger partial charge in [-0.3, -0.25) is 5.10 Å². The summed E-state index contributed by atoms with van der Waals surface area (Å²) in [6.45, 7) is 1.77. The molecule has 3 N–H and O–H groups in total. The first kappa shape index (κ1) is 15.3. The number of sulfonamides is 1. The number of H-pyrrole nitrogens is 1. The molecule has 0 saturated heterocycles. The molecule has 0 radical (unpaired) electrons. The molecule has 0 amide bonds. The third-order valence-electron chi connectivity index (χ3n) is 2.86. The molecule has 0 atom stereocenters. The van der Waals surface area contributed by atoms with Crippen LogP contribution in [-0.4, -0.2) is 30.3 Å². The van der Waals surface area contributed by atoms with Gasteiger partial charge in [0.1, 0.15) is 6.61 Å². The first-order valence-corrected chi connectivity index (χ1v) is 7.69. The summed E-state index contributed by atoms with van der Waals surface area (Å²) in [5, 5.41) is 15.2. The van der Waals surface area contributed by atoms with Crippen molar-refractivity contribution in [3.63, 3.8) is 0 Å². The lowest BCUT2D eigenvalue weighted by Crippen LogP contribution is -2.23. The Morgan fingerprint density at radius 3 is 2.62 bits per heavy atom. The van der Waals surface area contributed by atoms with Crippen LogP contribution in [0.5, 0.6) is 0 Å². The van der Waals surface area contributed by atoms with E-state index in [1.54, 1.807) is 18.3 Å². The van der Waals surface area contributed by atoms with Gasteiger partial charge in [-0.2, -0.15) is 5.10 Å². The molecule has 0 saturated carbocycles. The lowest BCUT2D eigenvalue weighted by molar-refractivity contribution is 0.350. The van der Waals surface area contributed by atoms with Gasteiger partial charge < -0.3 is 5.11 Å². The van der Waals surface area contributed by atoms with Crippen molar-refractivity contribution < 1.29 is 13.5 Å². The highest BCUT2D eigenvalue weighted by molar-refractivity contribution is 7.89. The van der Waals surface area contributed by atoms with Crippen LogP contribution in [0.4, 0.5) is 0 Å². The zero-order valence-electron chi connectivity index (χ0n) is 11.4. The Labute approximate surface area is 123 Å². The maximum Gasteiger partial charge on any atom is 0.240 e. The number of aryl methyl sites for hydroxylation is 1. The zero-order chi connectivity index (χ0) is 15.3. The molecule has 0 unspecified atom stereocenters. The minimum Gasteiger partial charge on any atom is -0.384 e. The van der Waals surface area contributed by atoms with Crippen molar-refractivity contribution in [1.29, 1.82) is 0 Å². The van der Waals surface area contributed by atoms with Gasteiger partial charge in [0.25, 0.3) is 0 Å². The predicted octanol–water partition coefficient (Wildman–Crippen LogP) is 0.540. The Bertz CT molecular complexity index is 768. The highest BCUT2D eigenvalue weighted by Crippen LogP contribution is 2.11. The van der Waals surface area contributed by atoms with Gasteiger partial charge >= 0.3 is 0 Å². The molecule has 2 rings (SSSR count). The molecule has 1 aromatic heterocycles. The Hall–Kier alpha value is -2.14. The number of hydrogen-bond acceptors (Lipinski definition) is 4. The normalized spacial score (nSPS) is 11.0. The van der Waals surface area contributed by atoms with E-state index in [4.69, 9.17) is 5.11 Å². The number of aliphatic hydroxyl groups excluding tert-OH is 1. The van der Waals surface area contributed by atoms with Gasteiger partial charge in [-0.25, -0.2) is 13.1 Å². The standard InChI is InChI=1S/C14H15N3O3S/c1-11-13(9-15-17-11)10-16-21(19,20)14-6-4-12(5-7-14)3-2-8-18/h4-7,9,16,18H,8,10H2,1H3,(H,15,17). The number of nitrogens with one attached hydrogen (secondary N) is 2. The van der Waals surface area contributed by atoms with Crippen molar-refractivity contribution in [3.8, 4) is 11.8 Å². The second kappa shape index (κ2) is 6.54. The quantitative estimate of drug-likeness (QED) is 0.719. The average Bonchev–Trinajstić information content (AvgIpc) is 2.89. The molecule has 1 aromatic carbocycles. The van der Waals surface area contributed by atoms with Gasteiger partial charge in [0.05, 0.1) is 11.1 Å². The molecule has 0 bridgehead atoms. The summed E-state index contributed by atoms with van der Waals surface area (Å²) in [4.78, 5) is 0.165. The summed E-state index contributed by atoms with van der Waals surface area (Å²) in [6.07, 6.45) is 1.59. The van der Waals surface area contributed by atoms with Gasteiger partial charge in [-0.15, -0.1) is 0 Å². The van der Waals surface area contributed by atoms with Crippen molar-refractivity contribution in [3.05, 3.63) is 47.3 Å². The van der Waals surface area contributed by atoms with Crippen LogP contribution in [0.1, 0.15) is 16.8 Å². The summed E-state index contributed by atoms with van der Waals surface area (Å²) in [5.74, 6) is 5.21. The average molecular weight is 305 g/mol. The van der Waals surface area contributed by atoms with Crippen LogP contribution in [-0.2, 0) is 16.6 Å². The number of benzene rings is 1. The lowest BCUT2D eigenvalue weighted by Gasteiger charge is -2.06. The smallest absolute Gasteiger partial charge is 0.240 e. The molecule has 0 aliphatic carbocycles. The molecule has 0 aliphatic rings. The molecule has 110 valence electrons. The van der Waals surface area contributed by atoms with Crippen LogP contribution in [0.2, 0.25) is 0 Å². The van der Waals surface area contributed by atoms with Crippen LogP contribution < -0.4 is 4.72 Å². The van der Waals surface area contributed by atoms with Gasteiger partial charge in [0, 0.05) is 23.4 Å². The maximum atomic E-state index is 12.1. The minimum absolute atomic E-state index is 0.165. The van der Waals surface area contributed by atoms with Crippen molar-refractivity contribution in [2.75, 3.05) is 6.61 Å². The van der Waals surface area contributed by atoms with E-state index >= 15 is 0 Å². The third-order valence-corrected chi connectivity index (χ3v) is 4.28. The maximum absolute atomic E-state index is 12.1. The van der Waals surface area contributed by atoms with Gasteiger partial charge in [-0.1, -0.05) is 11.8 Å². The molecule has 0 spiro atoms. The Morgan fingerprint density at radius 1 is 1.33 bits per heavy atom. The van der Waals surface area contributed by atoms with E-state index in [0.717, 1.165) is 11.3 Å². The van der Waals surface area contributed by atoms with E-state index in [1.807, 2.05) is 6.92 Å². The number of aromatic nitrogens is 2. The minimum atomic E-state index is -3.58. The van der Waals surface area contributed by atoms with Crippen molar-refractivity contribution in [2.24, 2.45) is 0 Å². The molecular weight excluding hydrogens is 290 g/mol. The van der Waals surface area contributed by atoms with Crippen LogP contribution in [0.3, 0.4) is 0 Å². The van der Waals surface area contributed by atoms with E-state index in [9.17, 15) is 8.42 Å². The van der Waals surface area contributed by atoms with Crippen LogP contribution in [0, 0.1) is 18.8 Å². The first-order valence-electron chi connectivity index (χ1n) is 6.21. The third kappa shape index (κ3) is 3.92. The fourth-order valence-electron chi connectivity index (χ4n) is 1.67. The van der Waals surface area contributed by atoms with E-state index in [-0.39, 0.29) is 18.0 Å². The number of rotatable bonds is 4. The molecule has 0 fully saturated rings. The second-order valence-corrected chi connectivity index (χ2v) is 6.10. The largest absolute Gasteiger partial charge is 0.384 e. The lowest BCUT2D eigenvalue weighted by atomic mass is 10.2. The van der Waals surface area contributed by atoms with E-state index in [0.29, 0.717) is 5.56 Å². The van der Waals surface area contributed by atoms with E-state index < -0.39 is 10.0 Å². The van der Waals surface area contributed by atoms with Crippen molar-refractivity contribution in [2.45, 2.75) is 18.4 Å². The molecule has 7 heteroatoms. The predicted molar refractivity (Wildman–Crippen MR) is 77.8 cm³/mol. The second-order valence-electron chi connectivity index (χ2n) is 4.33. The highest BCUT2D eigenvalue weighted by atomic mass is 32.2. The number of aliphatic hydroxyl groups is 1. The number of nitrogens with zero attached hydrogens (tertiary/aromatic N) is 1. The van der Waals surface area contributed by atoms with E-state index in [1.165, 1.54) is 12.1 Å². The monoisotopic (exact) mass is 305 g/mol. The Kier molecular flexibility index (Phi) is 4.75. The summed E-state index contributed by atoms with van der Waals surface area (Å²) in [7, 11) is -3.58. The fraction of sp³-hybridized carbons (Fsp3) is 0.214. The van der Waals surface area contributed by atoms with Crippen LogP contribution in [0.15, 0.2) is 35.4 Å². The summed E-state index contributed by atoms with van der Waals surface area (Å²) < 4.78 is 26.8. The Balaban J connectivity index is 2.10. The summed E-state index contributed by atoms with van der Waals surface area (Å²) in [5.41, 5.74) is 2.27. The molecule has 2 aromatic rings. The zero-order valence-corrected chi connectivity index (χ0v) is 12.2. The number of aromatic amines is 1. The van der Waals surface area contributed by atoms with Crippen molar-refractivity contribution in [1.82, 2.24) is 14.9 Å². The van der Waals surface area contributed by atoms with Crippen LogP contribution >= 0.6 is 0 Å². The first-order chi connectivity index (χ1) is 10.0. The summed E-state index contributed by atoms with van der Waals surface area (Å²) >= 11 is 0. The molecule has 0 aliphatic heterocycles. The molecular formula is C14H15N3O3S. The SMILES string of the molecule is Cc1[nH]ncc1CNS(=O)(=O)c1ccc(C#CCO)cc1. The molecule has 1 heterocycles. The van der Waals surface area contributed by atoms with E-state index in [2.05, 4.69) is 26.8 Å². The van der Waals surface area contributed by atoms with Gasteiger partial charge in [-0.05, 0) is 31.2 Å². The highest BCUT2D eigenvalue weighted by Gasteiger charge is 2.14. The van der Waals surface area contributed by atoms with Gasteiger partial charge in [0.15, 0.2) is 0 Å².